The molecule has 5 heteroatoms. The summed E-state index contributed by atoms with van der Waals surface area (Å²) in [6.45, 7) is 1.19. The van der Waals surface area contributed by atoms with E-state index in [1.807, 2.05) is 0 Å². The van der Waals surface area contributed by atoms with Gasteiger partial charge in [0, 0.05) is 0 Å². The summed E-state index contributed by atoms with van der Waals surface area (Å²) in [6.07, 6.45) is 0. The third kappa shape index (κ3) is 5.45. The monoisotopic (exact) mass is 184 g/mol. The van der Waals surface area contributed by atoms with Gasteiger partial charge < -0.3 is 7.96 Å². The second-order valence-corrected chi connectivity index (χ2v) is 2.90. The largest absolute Gasteiger partial charge is 2.00 e. The molecule has 0 aliphatic heterocycles. The van der Waals surface area contributed by atoms with Crippen LogP contribution in [0.1, 0.15) is 9.78 Å². The molecule has 0 aliphatic carbocycles. The smallest absolute Gasteiger partial charge is 1.00 e. The standard InChI is InChI=1S/C3H4Cl2O2.Ca.2H/c1-3(4,5)2(6)7;;;/h1H3,(H,6,7);;;/q;+2;2*-1. The summed E-state index contributed by atoms with van der Waals surface area (Å²) in [6, 6.07) is 0. The normalized spacial score (nSPS) is 9.88. The van der Waals surface area contributed by atoms with E-state index in [1.54, 1.807) is 0 Å². The van der Waals surface area contributed by atoms with Crippen molar-refractivity contribution in [3.8, 4) is 0 Å². The van der Waals surface area contributed by atoms with Crippen LogP contribution >= 0.6 is 23.2 Å². The number of carboxylic acids is 1. The van der Waals surface area contributed by atoms with Crippen LogP contribution in [0.15, 0.2) is 0 Å². The predicted molar refractivity (Wildman–Crippen MR) is 35.7 cm³/mol. The average molecular weight is 185 g/mol. The van der Waals surface area contributed by atoms with E-state index in [-0.39, 0.29) is 40.6 Å². The number of hydrogen-bond acceptors (Lipinski definition) is 1. The van der Waals surface area contributed by atoms with Crippen LogP contribution in [0.5, 0.6) is 0 Å². The van der Waals surface area contributed by atoms with Gasteiger partial charge in [0.15, 0.2) is 0 Å². The van der Waals surface area contributed by atoms with Crippen molar-refractivity contribution in [3.05, 3.63) is 0 Å². The molecule has 0 rings (SSSR count). The molecule has 0 fully saturated rings. The topological polar surface area (TPSA) is 37.3 Å². The molecule has 0 unspecified atom stereocenters. The van der Waals surface area contributed by atoms with Crippen LogP contribution in [0.2, 0.25) is 0 Å². The summed E-state index contributed by atoms with van der Waals surface area (Å²) < 4.78 is -1.64. The van der Waals surface area contributed by atoms with Gasteiger partial charge in [0.1, 0.15) is 0 Å². The van der Waals surface area contributed by atoms with Crippen molar-refractivity contribution >= 4 is 66.9 Å². The van der Waals surface area contributed by atoms with Gasteiger partial charge in [-0.1, -0.05) is 23.2 Å². The number of alkyl halides is 2. The van der Waals surface area contributed by atoms with Gasteiger partial charge in [0.25, 0.3) is 0 Å². The maximum absolute atomic E-state index is 9.76. The number of carboxylic acid groups (broad SMARTS) is 1. The first-order valence-corrected chi connectivity index (χ1v) is 2.31. The molecule has 0 heterocycles. The molecule has 8 heavy (non-hydrogen) atoms. The van der Waals surface area contributed by atoms with Crippen molar-refractivity contribution in [1.82, 2.24) is 0 Å². The van der Waals surface area contributed by atoms with E-state index >= 15 is 0 Å². The molecule has 0 amide bonds. The van der Waals surface area contributed by atoms with Gasteiger partial charge in [-0.15, -0.1) is 0 Å². The van der Waals surface area contributed by atoms with Crippen molar-refractivity contribution in [2.24, 2.45) is 0 Å². The molecule has 2 nitrogen and oxygen atoms in total. The zero-order valence-corrected chi connectivity index (χ0v) is 8.04. The Morgan fingerprint density at radius 1 is 1.75 bits per heavy atom. The Balaban J connectivity index is -0.0000000600. The predicted octanol–water partition coefficient (Wildman–Crippen LogP) is 1.11. The van der Waals surface area contributed by atoms with Gasteiger partial charge in [0.2, 0.25) is 4.33 Å². The Kier molecular flexibility index (Phi) is 6.28. The van der Waals surface area contributed by atoms with E-state index in [0.29, 0.717) is 0 Å². The number of rotatable bonds is 1. The van der Waals surface area contributed by atoms with Gasteiger partial charge in [-0.25, -0.2) is 4.79 Å². The fraction of sp³-hybridized carbons (Fsp3) is 0.667. The second kappa shape index (κ2) is 4.18. The Morgan fingerprint density at radius 3 is 1.88 bits per heavy atom. The molecule has 0 bridgehead atoms. The van der Waals surface area contributed by atoms with Crippen LogP contribution in [-0.2, 0) is 4.79 Å². The molecule has 0 aromatic heterocycles. The number of carbonyl (C=O) groups is 1. The Hall–Kier alpha value is 1.31. The quantitative estimate of drug-likeness (QED) is 0.490. The minimum Gasteiger partial charge on any atom is -1.00 e. The minimum atomic E-state index is -1.64. The zero-order valence-electron chi connectivity index (χ0n) is 6.32. The Bertz CT molecular complexity index is 95.0. The van der Waals surface area contributed by atoms with Crippen molar-refractivity contribution < 1.29 is 12.8 Å². The molecule has 0 saturated carbocycles. The van der Waals surface area contributed by atoms with Crippen LogP contribution in [0, 0.1) is 0 Å². The first-order chi connectivity index (χ1) is 2.94. The van der Waals surface area contributed by atoms with Gasteiger partial charge in [0.05, 0.1) is 0 Å². The van der Waals surface area contributed by atoms with Gasteiger partial charge >= 0.3 is 43.7 Å². The zero-order chi connectivity index (χ0) is 6.08. The van der Waals surface area contributed by atoms with Crippen LogP contribution in [0.3, 0.4) is 0 Å². The van der Waals surface area contributed by atoms with Gasteiger partial charge in [-0.3, -0.25) is 0 Å². The summed E-state index contributed by atoms with van der Waals surface area (Å²) in [5.41, 5.74) is 0. The molecule has 0 atom stereocenters. The van der Waals surface area contributed by atoms with Crippen LogP contribution in [0.4, 0.5) is 0 Å². The van der Waals surface area contributed by atoms with E-state index in [2.05, 4.69) is 0 Å². The Morgan fingerprint density at radius 2 is 1.88 bits per heavy atom. The average Bonchev–Trinajstić information content (AvgIpc) is 1.31. The van der Waals surface area contributed by atoms with Crippen molar-refractivity contribution in [2.45, 2.75) is 11.3 Å². The number of aliphatic carboxylic acids is 1. The van der Waals surface area contributed by atoms with Crippen molar-refractivity contribution in [2.75, 3.05) is 0 Å². The molecule has 0 aliphatic rings. The maximum Gasteiger partial charge on any atom is 2.00 e. The summed E-state index contributed by atoms with van der Waals surface area (Å²) >= 11 is 10.1. The molecule has 0 aromatic carbocycles. The number of halogens is 2. The number of hydrogen-bond donors (Lipinski definition) is 1. The Labute approximate surface area is 90.1 Å². The molecule has 46 valence electrons. The minimum absolute atomic E-state index is 0. The SMILES string of the molecule is CC(Cl)(Cl)C(=O)O.[Ca+2].[H-].[H-]. The van der Waals surface area contributed by atoms with Gasteiger partial charge in [-0.2, -0.15) is 0 Å². The first kappa shape index (κ1) is 12.0. The van der Waals surface area contributed by atoms with Crippen LogP contribution in [0.25, 0.3) is 0 Å². The molecular formula is C3H6CaCl2O2. The summed E-state index contributed by atoms with van der Waals surface area (Å²) in [4.78, 5) is 9.76. The van der Waals surface area contributed by atoms with E-state index < -0.39 is 10.3 Å². The molecular weight excluding hydrogens is 179 g/mol. The summed E-state index contributed by atoms with van der Waals surface area (Å²) in [7, 11) is 0. The van der Waals surface area contributed by atoms with E-state index in [0.717, 1.165) is 0 Å². The molecule has 0 radical (unpaired) electrons. The maximum atomic E-state index is 9.76. The van der Waals surface area contributed by atoms with Gasteiger partial charge in [-0.05, 0) is 6.92 Å². The van der Waals surface area contributed by atoms with Crippen LogP contribution < -0.4 is 0 Å². The summed E-state index contributed by atoms with van der Waals surface area (Å²) in [5, 5.41) is 7.99. The molecule has 0 spiro atoms. The second-order valence-electron chi connectivity index (χ2n) is 1.19. The summed E-state index contributed by atoms with van der Waals surface area (Å²) in [5.74, 6) is -1.23. The third-order valence-electron chi connectivity index (χ3n) is 0.376. The van der Waals surface area contributed by atoms with E-state index in [9.17, 15) is 4.79 Å². The first-order valence-electron chi connectivity index (χ1n) is 1.56. The fourth-order valence-corrected chi connectivity index (χ4v) is 0. The van der Waals surface area contributed by atoms with Crippen molar-refractivity contribution in [3.63, 3.8) is 0 Å². The van der Waals surface area contributed by atoms with E-state index in [4.69, 9.17) is 28.3 Å². The van der Waals surface area contributed by atoms with Crippen molar-refractivity contribution in [1.29, 1.82) is 0 Å². The molecule has 0 saturated heterocycles. The van der Waals surface area contributed by atoms with Crippen LogP contribution in [-0.4, -0.2) is 53.1 Å². The third-order valence-corrected chi connectivity index (χ3v) is 0.699. The molecule has 1 N–H and O–H groups in total. The fourth-order valence-electron chi connectivity index (χ4n) is 0. The van der Waals surface area contributed by atoms with E-state index in [1.165, 1.54) is 6.92 Å². The molecule has 0 aromatic rings.